The van der Waals surface area contributed by atoms with Gasteiger partial charge in [-0.2, -0.15) is 0 Å². The number of hydrogen-bond donors (Lipinski definition) is 3. The topological polar surface area (TPSA) is 93.0 Å². The summed E-state index contributed by atoms with van der Waals surface area (Å²) in [5.41, 5.74) is 11.6. The van der Waals surface area contributed by atoms with Gasteiger partial charge in [-0.1, -0.05) is 12.1 Å². The first-order valence-corrected chi connectivity index (χ1v) is 3.81. The van der Waals surface area contributed by atoms with Crippen LogP contribution in [0.3, 0.4) is 0 Å². The number of benzene rings is 1. The lowest BCUT2D eigenvalue weighted by Crippen LogP contribution is -2.14. The Kier molecular flexibility index (Phi) is 4.66. The van der Waals surface area contributed by atoms with Gasteiger partial charge in [0.25, 0.3) is 0 Å². The molecule has 0 saturated carbocycles. The second kappa shape index (κ2) is 5.24. The zero-order valence-corrected chi connectivity index (χ0v) is 8.30. The number of rotatable bonds is 3. The largest absolute Gasteiger partial charge is 0.387 e. The number of nitrogens with two attached hydrogens (primary N) is 2. The molecule has 0 aliphatic heterocycles. The van der Waals surface area contributed by atoms with Gasteiger partial charge in [-0.05, 0) is 17.7 Å². The van der Waals surface area contributed by atoms with Crippen LogP contribution >= 0.6 is 12.4 Å². The van der Waals surface area contributed by atoms with Crippen molar-refractivity contribution in [1.82, 2.24) is 0 Å². The molecule has 0 unspecified atom stereocenters. The van der Waals surface area contributed by atoms with Gasteiger partial charge in [0.05, 0.1) is 5.84 Å². The van der Waals surface area contributed by atoms with Crippen molar-refractivity contribution >= 4 is 24.1 Å². The number of hydrogen-bond acceptors (Lipinski definition) is 2. The molecule has 0 saturated heterocycles. The average Bonchev–Trinajstić information content (AvgIpc) is 2.03. The van der Waals surface area contributed by atoms with Crippen LogP contribution in [-0.2, 0) is 6.42 Å². The van der Waals surface area contributed by atoms with Gasteiger partial charge in [-0.25, -0.2) is 0 Å². The molecule has 0 radical (unpaired) electrons. The molecule has 0 fully saturated rings. The monoisotopic (exact) mass is 213 g/mol. The molecule has 0 spiro atoms. The Morgan fingerprint density at radius 3 is 2.50 bits per heavy atom. The Hall–Kier alpha value is -1.55. The first-order chi connectivity index (χ1) is 6.09. The first-order valence-electron chi connectivity index (χ1n) is 3.81. The van der Waals surface area contributed by atoms with Gasteiger partial charge in [-0.15, -0.1) is 12.4 Å². The molecule has 0 aromatic heterocycles. The molecule has 1 aromatic carbocycles. The van der Waals surface area contributed by atoms with E-state index < -0.39 is 5.91 Å². The highest BCUT2D eigenvalue weighted by molar-refractivity contribution is 5.93. The molecular formula is C9H12ClN3O. The molecular weight excluding hydrogens is 202 g/mol. The maximum absolute atomic E-state index is 10.8. The minimum Gasteiger partial charge on any atom is -0.387 e. The van der Waals surface area contributed by atoms with E-state index in [4.69, 9.17) is 16.9 Å². The number of carbonyl (C=O) groups is 1. The van der Waals surface area contributed by atoms with Crippen LogP contribution in [0.2, 0.25) is 0 Å². The standard InChI is InChI=1S/C9H11N3O.ClH/c10-8(11)5-6-2-1-3-7(4-6)9(12)13;/h1-4H,5H2,(H3,10,11)(H2,12,13);1H. The molecule has 0 aliphatic rings. The molecule has 1 rings (SSSR count). The maximum atomic E-state index is 10.8. The second-order valence-electron chi connectivity index (χ2n) is 2.77. The van der Waals surface area contributed by atoms with Crippen molar-refractivity contribution in [3.05, 3.63) is 35.4 Å². The minimum atomic E-state index is -0.467. The number of halogens is 1. The first kappa shape index (κ1) is 12.4. The summed E-state index contributed by atoms with van der Waals surface area (Å²) in [5, 5.41) is 7.07. The zero-order chi connectivity index (χ0) is 9.84. The van der Waals surface area contributed by atoms with Crippen molar-refractivity contribution in [2.45, 2.75) is 6.42 Å². The van der Waals surface area contributed by atoms with Crippen LogP contribution < -0.4 is 11.5 Å². The molecule has 76 valence electrons. The summed E-state index contributed by atoms with van der Waals surface area (Å²) in [4.78, 5) is 10.8. The SMILES string of the molecule is Cl.N=C(N)Cc1cccc(C(N)=O)c1. The Bertz CT molecular complexity index is 352. The summed E-state index contributed by atoms with van der Waals surface area (Å²) in [6.45, 7) is 0. The lowest BCUT2D eigenvalue weighted by Gasteiger charge is -2.00. The Balaban J connectivity index is 0.00000169. The third-order valence-electron chi connectivity index (χ3n) is 1.61. The molecule has 0 atom stereocenters. The highest BCUT2D eigenvalue weighted by Gasteiger charge is 2.01. The summed E-state index contributed by atoms with van der Waals surface area (Å²) in [7, 11) is 0. The van der Waals surface area contributed by atoms with Gasteiger partial charge in [0.1, 0.15) is 0 Å². The van der Waals surface area contributed by atoms with Crippen LogP contribution in [0.25, 0.3) is 0 Å². The summed E-state index contributed by atoms with van der Waals surface area (Å²) < 4.78 is 0. The van der Waals surface area contributed by atoms with Gasteiger partial charge in [0.2, 0.25) is 5.91 Å². The van der Waals surface area contributed by atoms with Crippen LogP contribution in [0, 0.1) is 5.41 Å². The Morgan fingerprint density at radius 1 is 1.36 bits per heavy atom. The van der Waals surface area contributed by atoms with E-state index in [0.717, 1.165) is 5.56 Å². The lowest BCUT2D eigenvalue weighted by atomic mass is 10.1. The van der Waals surface area contributed by atoms with E-state index >= 15 is 0 Å². The van der Waals surface area contributed by atoms with E-state index in [1.54, 1.807) is 24.3 Å². The number of primary amides is 1. The summed E-state index contributed by atoms with van der Waals surface area (Å²) >= 11 is 0. The molecule has 5 heteroatoms. The third kappa shape index (κ3) is 3.45. The molecule has 0 bridgehead atoms. The van der Waals surface area contributed by atoms with Gasteiger partial charge in [-0.3, -0.25) is 10.2 Å². The predicted molar refractivity (Wildman–Crippen MR) is 57.8 cm³/mol. The number of amidine groups is 1. The van der Waals surface area contributed by atoms with Crippen LogP contribution in [0.4, 0.5) is 0 Å². The molecule has 0 heterocycles. The normalized spacial score (nSPS) is 8.86. The number of carbonyl (C=O) groups excluding carboxylic acids is 1. The average molecular weight is 214 g/mol. The van der Waals surface area contributed by atoms with Gasteiger partial charge >= 0.3 is 0 Å². The van der Waals surface area contributed by atoms with Crippen LogP contribution in [-0.4, -0.2) is 11.7 Å². The molecule has 4 nitrogen and oxygen atoms in total. The van der Waals surface area contributed by atoms with E-state index in [0.29, 0.717) is 12.0 Å². The van der Waals surface area contributed by atoms with Gasteiger partial charge < -0.3 is 11.5 Å². The maximum Gasteiger partial charge on any atom is 0.248 e. The van der Waals surface area contributed by atoms with Gasteiger partial charge in [0, 0.05) is 12.0 Å². The van der Waals surface area contributed by atoms with Crippen LogP contribution in [0.5, 0.6) is 0 Å². The van der Waals surface area contributed by atoms with Crippen molar-refractivity contribution in [3.8, 4) is 0 Å². The third-order valence-corrected chi connectivity index (χ3v) is 1.61. The minimum absolute atomic E-state index is 0. The summed E-state index contributed by atoms with van der Waals surface area (Å²) in [6.07, 6.45) is 0.348. The molecule has 1 amide bonds. The fraction of sp³-hybridized carbons (Fsp3) is 0.111. The van der Waals surface area contributed by atoms with Crippen LogP contribution in [0.15, 0.2) is 24.3 Å². The van der Waals surface area contributed by atoms with E-state index in [9.17, 15) is 4.79 Å². The highest BCUT2D eigenvalue weighted by atomic mass is 35.5. The molecule has 1 aromatic rings. The molecule has 5 N–H and O–H groups in total. The van der Waals surface area contributed by atoms with Crippen LogP contribution in [0.1, 0.15) is 15.9 Å². The number of amides is 1. The summed E-state index contributed by atoms with van der Waals surface area (Å²) in [6, 6.07) is 6.79. The zero-order valence-electron chi connectivity index (χ0n) is 7.49. The number of nitrogens with one attached hydrogen (secondary N) is 1. The second-order valence-corrected chi connectivity index (χ2v) is 2.77. The van der Waals surface area contributed by atoms with Gasteiger partial charge in [0.15, 0.2) is 0 Å². The summed E-state index contributed by atoms with van der Waals surface area (Å²) in [5.74, 6) is -0.396. The fourth-order valence-corrected chi connectivity index (χ4v) is 1.05. The van der Waals surface area contributed by atoms with E-state index in [2.05, 4.69) is 0 Å². The van der Waals surface area contributed by atoms with Crippen molar-refractivity contribution in [2.75, 3.05) is 0 Å². The fourth-order valence-electron chi connectivity index (χ4n) is 1.05. The molecule has 0 aliphatic carbocycles. The van der Waals surface area contributed by atoms with E-state index in [1.807, 2.05) is 0 Å². The molecule has 14 heavy (non-hydrogen) atoms. The quantitative estimate of drug-likeness (QED) is 0.509. The van der Waals surface area contributed by atoms with Crippen molar-refractivity contribution in [2.24, 2.45) is 11.5 Å². The van der Waals surface area contributed by atoms with Crippen molar-refractivity contribution in [1.29, 1.82) is 5.41 Å². The Labute approximate surface area is 88.2 Å². The van der Waals surface area contributed by atoms with E-state index in [1.165, 1.54) is 0 Å². The highest BCUT2D eigenvalue weighted by Crippen LogP contribution is 2.04. The smallest absolute Gasteiger partial charge is 0.248 e. The van der Waals surface area contributed by atoms with E-state index in [-0.39, 0.29) is 18.2 Å². The Morgan fingerprint density at radius 2 is 2.00 bits per heavy atom. The van der Waals surface area contributed by atoms with Crippen molar-refractivity contribution < 1.29 is 4.79 Å². The van der Waals surface area contributed by atoms with Crippen molar-refractivity contribution in [3.63, 3.8) is 0 Å². The predicted octanol–water partition coefficient (Wildman–Crippen LogP) is 0.686. The lowest BCUT2D eigenvalue weighted by molar-refractivity contribution is 0.1000.